The lowest BCUT2D eigenvalue weighted by atomic mass is 10.1. The second-order valence-electron chi connectivity index (χ2n) is 6.66. The summed E-state index contributed by atoms with van der Waals surface area (Å²) in [5.41, 5.74) is 5.37. The molecule has 0 aliphatic heterocycles. The number of hydrogen-bond acceptors (Lipinski definition) is 16. The van der Waals surface area contributed by atoms with Gasteiger partial charge in [0.15, 0.2) is 0 Å². The van der Waals surface area contributed by atoms with Crippen molar-refractivity contribution in [3.63, 3.8) is 0 Å². The van der Waals surface area contributed by atoms with E-state index in [4.69, 9.17) is 16.2 Å². The standard InChI is InChI=1S/C17H16N4O12S4/c18-12-6-13(19-8-34-32-30-22)14(7-17(12)37(27,28)29)21-20-9-4-11-10(15(5-9)35-33-31-23)2-1-3-16(11)36(24,25)26/h1-7,19,22-23H,8,18H2,(H,24,25,26)(H,27,28,29). The molecule has 0 saturated carbocycles. The molecule has 20 heteroatoms. The van der Waals surface area contributed by atoms with Crippen LogP contribution in [0.15, 0.2) is 67.4 Å². The van der Waals surface area contributed by atoms with Crippen molar-refractivity contribution in [3.05, 3.63) is 42.5 Å². The molecule has 0 spiro atoms. The summed E-state index contributed by atoms with van der Waals surface area (Å²) < 4.78 is 74.9. The van der Waals surface area contributed by atoms with E-state index >= 15 is 0 Å². The van der Waals surface area contributed by atoms with Gasteiger partial charge in [-0.2, -0.15) is 21.9 Å². The molecule has 0 aliphatic rings. The van der Waals surface area contributed by atoms with E-state index in [2.05, 4.69) is 34.3 Å². The normalized spacial score (nSPS) is 12.4. The molecule has 0 saturated heterocycles. The Bertz CT molecular complexity index is 1530. The fraction of sp³-hybridized carbons (Fsp3) is 0.0588. The number of nitrogens with two attached hydrogens (primary N) is 1. The lowest BCUT2D eigenvalue weighted by Crippen LogP contribution is -2.05. The molecule has 0 radical (unpaired) electrons. The molecule has 37 heavy (non-hydrogen) atoms. The van der Waals surface area contributed by atoms with Crippen molar-refractivity contribution in [2.45, 2.75) is 14.7 Å². The van der Waals surface area contributed by atoms with Crippen molar-refractivity contribution >= 4 is 77.8 Å². The number of azo groups is 1. The summed E-state index contributed by atoms with van der Waals surface area (Å²) in [5.74, 6) is -0.0548. The molecule has 0 bridgehead atoms. The zero-order valence-electron chi connectivity index (χ0n) is 17.9. The lowest BCUT2D eigenvalue weighted by molar-refractivity contribution is -0.432. The first-order valence-corrected chi connectivity index (χ1v) is 13.8. The van der Waals surface area contributed by atoms with Crippen LogP contribution in [-0.2, 0) is 39.0 Å². The average molecular weight is 597 g/mol. The van der Waals surface area contributed by atoms with Crippen molar-refractivity contribution in [3.8, 4) is 0 Å². The molecule has 3 rings (SSSR count). The van der Waals surface area contributed by atoms with E-state index in [1.54, 1.807) is 0 Å². The predicted octanol–water partition coefficient (Wildman–Crippen LogP) is 4.20. The second-order valence-corrected chi connectivity index (χ2v) is 10.8. The van der Waals surface area contributed by atoms with Gasteiger partial charge in [-0.05, 0) is 35.7 Å². The third-order valence-electron chi connectivity index (χ3n) is 4.41. The first kappa shape index (κ1) is 29.0. The van der Waals surface area contributed by atoms with Crippen LogP contribution in [0.1, 0.15) is 0 Å². The molecule has 3 aromatic carbocycles. The third kappa shape index (κ3) is 7.47. The van der Waals surface area contributed by atoms with Gasteiger partial charge >= 0.3 is 0 Å². The summed E-state index contributed by atoms with van der Waals surface area (Å²) in [6.45, 7) is 0. The molecule has 0 aliphatic carbocycles. The van der Waals surface area contributed by atoms with Crippen molar-refractivity contribution in [2.75, 3.05) is 16.9 Å². The van der Waals surface area contributed by atoms with E-state index in [9.17, 15) is 25.9 Å². The molecular weight excluding hydrogens is 580 g/mol. The quantitative estimate of drug-likeness (QED) is 0.0250. The summed E-state index contributed by atoms with van der Waals surface area (Å²) in [6, 6.07) is 8.71. The summed E-state index contributed by atoms with van der Waals surface area (Å²) in [7, 11) is -9.40. The van der Waals surface area contributed by atoms with Gasteiger partial charge in [-0.15, -0.1) is 13.8 Å². The van der Waals surface area contributed by atoms with Crippen molar-refractivity contribution in [1.29, 1.82) is 0 Å². The maximum atomic E-state index is 11.9. The molecule has 7 N–H and O–H groups in total. The Labute approximate surface area is 217 Å². The summed E-state index contributed by atoms with van der Waals surface area (Å²) >= 11 is 1.10. The van der Waals surface area contributed by atoms with E-state index in [1.807, 2.05) is 0 Å². The van der Waals surface area contributed by atoms with Crippen molar-refractivity contribution < 1.29 is 55.2 Å². The van der Waals surface area contributed by atoms with Gasteiger partial charge in [-0.25, -0.2) is 10.5 Å². The van der Waals surface area contributed by atoms with E-state index in [-0.39, 0.29) is 44.3 Å². The van der Waals surface area contributed by atoms with Gasteiger partial charge < -0.3 is 11.1 Å². The van der Waals surface area contributed by atoms with Crippen LogP contribution in [0.4, 0.5) is 22.7 Å². The monoisotopic (exact) mass is 596 g/mol. The van der Waals surface area contributed by atoms with Crippen LogP contribution in [0.2, 0.25) is 0 Å². The Balaban J connectivity index is 2.14. The van der Waals surface area contributed by atoms with Gasteiger partial charge in [-0.1, -0.05) is 22.2 Å². The fourth-order valence-corrected chi connectivity index (χ4v) is 5.17. The first-order valence-electron chi connectivity index (χ1n) is 9.31. The van der Waals surface area contributed by atoms with Crippen molar-refractivity contribution in [1.82, 2.24) is 0 Å². The van der Waals surface area contributed by atoms with Crippen LogP contribution in [0, 0.1) is 0 Å². The van der Waals surface area contributed by atoms with Gasteiger partial charge in [-0.3, -0.25) is 9.11 Å². The number of nitrogens with zero attached hydrogens (tertiary/aromatic N) is 2. The largest absolute Gasteiger partial charge is 0.398 e. The summed E-state index contributed by atoms with van der Waals surface area (Å²) in [5, 5.41) is 34.8. The lowest BCUT2D eigenvalue weighted by Gasteiger charge is -2.11. The predicted molar refractivity (Wildman–Crippen MR) is 130 cm³/mol. The highest BCUT2D eigenvalue weighted by Crippen LogP contribution is 2.38. The van der Waals surface area contributed by atoms with E-state index < -0.39 is 30.0 Å². The fourth-order valence-electron chi connectivity index (χ4n) is 3.01. The maximum Gasteiger partial charge on any atom is 0.296 e. The Morgan fingerprint density at radius 2 is 1.59 bits per heavy atom. The SMILES string of the molecule is Nc1cc(NCSOOO)c(N=Nc2cc(SOOO)c3cccc(S(=O)(=O)O)c3c2)cc1S(=O)(=O)O. The molecule has 3 aromatic rings. The van der Waals surface area contributed by atoms with Gasteiger partial charge in [0, 0.05) is 10.3 Å². The number of rotatable bonds is 12. The number of nitrogen functional groups attached to an aromatic ring is 1. The number of nitrogens with one attached hydrogen (secondary N) is 1. The highest BCUT2D eigenvalue weighted by atomic mass is 32.2. The van der Waals surface area contributed by atoms with Crippen LogP contribution in [0.5, 0.6) is 0 Å². The molecular formula is C17H16N4O12S4. The van der Waals surface area contributed by atoms with E-state index in [0.717, 1.165) is 18.2 Å². The Hall–Kier alpha value is -2.60. The van der Waals surface area contributed by atoms with Crippen LogP contribution in [0.3, 0.4) is 0 Å². The third-order valence-corrected chi connectivity index (χ3v) is 7.30. The van der Waals surface area contributed by atoms with E-state index in [1.165, 1.54) is 24.3 Å². The number of hydrogen-bond donors (Lipinski definition) is 6. The van der Waals surface area contributed by atoms with Gasteiger partial charge in [0.2, 0.25) is 0 Å². The molecule has 0 fully saturated rings. The zero-order chi connectivity index (χ0) is 27.2. The van der Waals surface area contributed by atoms with Gasteiger partial charge in [0.05, 0.1) is 47.0 Å². The second kappa shape index (κ2) is 12.3. The number of benzene rings is 3. The first-order chi connectivity index (χ1) is 17.5. The minimum atomic E-state index is -4.74. The Morgan fingerprint density at radius 1 is 0.892 bits per heavy atom. The maximum absolute atomic E-state index is 11.9. The Kier molecular flexibility index (Phi) is 9.63. The minimum Gasteiger partial charge on any atom is -0.398 e. The molecule has 0 amide bonds. The van der Waals surface area contributed by atoms with Crippen LogP contribution < -0.4 is 11.1 Å². The van der Waals surface area contributed by atoms with Crippen molar-refractivity contribution in [2.24, 2.45) is 10.2 Å². The molecule has 0 heterocycles. The molecule has 0 unspecified atom stereocenters. The topological polar surface area (TPSA) is 249 Å². The molecule has 200 valence electrons. The molecule has 0 aromatic heterocycles. The summed E-state index contributed by atoms with van der Waals surface area (Å²) in [4.78, 5) is -0.926. The minimum absolute atomic E-state index is 0.00444. The highest BCUT2D eigenvalue weighted by molar-refractivity contribution is 7.95. The van der Waals surface area contributed by atoms with Crippen LogP contribution in [-0.4, -0.2) is 42.3 Å². The highest BCUT2D eigenvalue weighted by Gasteiger charge is 2.19. The van der Waals surface area contributed by atoms with Gasteiger partial charge in [0.25, 0.3) is 20.2 Å². The number of fused-ring (bicyclic) bond motifs is 1. The van der Waals surface area contributed by atoms with E-state index in [0.29, 0.717) is 24.1 Å². The van der Waals surface area contributed by atoms with Gasteiger partial charge in [0.1, 0.15) is 15.5 Å². The zero-order valence-corrected chi connectivity index (χ0v) is 21.2. The molecule has 16 nitrogen and oxygen atoms in total. The summed E-state index contributed by atoms with van der Waals surface area (Å²) in [6.07, 6.45) is 0. The average Bonchev–Trinajstić information content (AvgIpc) is 2.82. The molecule has 0 atom stereocenters. The van der Waals surface area contributed by atoms with Crippen LogP contribution >= 0.6 is 24.1 Å². The Morgan fingerprint density at radius 3 is 2.24 bits per heavy atom. The van der Waals surface area contributed by atoms with Crippen LogP contribution in [0.25, 0.3) is 10.8 Å². The smallest absolute Gasteiger partial charge is 0.296 e. The number of anilines is 2.